The second kappa shape index (κ2) is 8.52. The van der Waals surface area contributed by atoms with E-state index in [0.717, 1.165) is 27.3 Å². The Hall–Kier alpha value is -3.96. The van der Waals surface area contributed by atoms with Crippen molar-refractivity contribution in [1.29, 1.82) is 0 Å². The summed E-state index contributed by atoms with van der Waals surface area (Å²) < 4.78 is 0. The van der Waals surface area contributed by atoms with Crippen molar-refractivity contribution in [3.05, 3.63) is 96.1 Å². The maximum absolute atomic E-state index is 12.9. The van der Waals surface area contributed by atoms with Crippen molar-refractivity contribution in [1.82, 2.24) is 5.32 Å². The number of carbonyl (C=O) groups excluding carboxylic acids is 1. The monoisotopic (exact) mass is 436 g/mol. The lowest BCUT2D eigenvalue weighted by atomic mass is 9.89. The van der Waals surface area contributed by atoms with E-state index in [-0.39, 0.29) is 6.42 Å². The van der Waals surface area contributed by atoms with E-state index in [1.165, 1.54) is 16.2 Å². The quantitative estimate of drug-likeness (QED) is 0.332. The number of carboxylic acid groups (broad SMARTS) is 1. The van der Waals surface area contributed by atoms with Crippen LogP contribution in [0.2, 0.25) is 0 Å². The van der Waals surface area contributed by atoms with Gasteiger partial charge in [0.2, 0.25) is 5.91 Å². The summed E-state index contributed by atoms with van der Waals surface area (Å²) in [5.74, 6) is -1.55. The number of nitrogens with one attached hydrogen (secondary N) is 1. The van der Waals surface area contributed by atoms with Gasteiger partial charge in [-0.1, -0.05) is 84.9 Å². The van der Waals surface area contributed by atoms with E-state index in [1.54, 1.807) is 0 Å². The van der Waals surface area contributed by atoms with Crippen molar-refractivity contribution in [2.24, 2.45) is 5.73 Å². The molecule has 164 valence electrons. The van der Waals surface area contributed by atoms with E-state index in [0.29, 0.717) is 6.42 Å². The van der Waals surface area contributed by atoms with E-state index in [4.69, 9.17) is 5.73 Å². The van der Waals surface area contributed by atoms with Crippen LogP contribution < -0.4 is 11.1 Å². The number of hydrogen-bond acceptors (Lipinski definition) is 3. The third-order valence-corrected chi connectivity index (χ3v) is 6.27. The van der Waals surface area contributed by atoms with E-state index in [2.05, 4.69) is 47.8 Å². The molecule has 0 aliphatic rings. The molecule has 5 rings (SSSR count). The number of nitrogens with two attached hydrogens (primary N) is 1. The summed E-state index contributed by atoms with van der Waals surface area (Å²) in [6.07, 6.45) is 0.513. The fourth-order valence-electron chi connectivity index (χ4n) is 4.66. The van der Waals surface area contributed by atoms with Gasteiger partial charge in [-0.2, -0.15) is 0 Å². The van der Waals surface area contributed by atoms with Gasteiger partial charge in [-0.15, -0.1) is 0 Å². The molecule has 33 heavy (non-hydrogen) atoms. The fraction of sp³-hybridized carbons (Fsp3) is 0.143. The third kappa shape index (κ3) is 3.99. The number of amides is 1. The molecule has 0 aliphatic carbocycles. The van der Waals surface area contributed by atoms with Crippen LogP contribution in [0.1, 0.15) is 11.1 Å². The summed E-state index contributed by atoms with van der Waals surface area (Å²) in [7, 11) is 0. The predicted octanol–water partition coefficient (Wildman–Crippen LogP) is 4.27. The summed E-state index contributed by atoms with van der Waals surface area (Å²) in [6.45, 7) is 0. The van der Waals surface area contributed by atoms with Crippen LogP contribution >= 0.6 is 0 Å². The molecule has 0 heterocycles. The van der Waals surface area contributed by atoms with Crippen molar-refractivity contribution < 1.29 is 14.7 Å². The van der Waals surface area contributed by atoms with Gasteiger partial charge in [0.25, 0.3) is 0 Å². The molecule has 4 N–H and O–H groups in total. The van der Waals surface area contributed by atoms with Crippen LogP contribution in [0.5, 0.6) is 0 Å². The number of rotatable bonds is 7. The summed E-state index contributed by atoms with van der Waals surface area (Å²) >= 11 is 0. The first-order valence-electron chi connectivity index (χ1n) is 11.0. The molecule has 5 aromatic rings. The van der Waals surface area contributed by atoms with Crippen LogP contribution in [-0.2, 0) is 22.4 Å². The van der Waals surface area contributed by atoms with Gasteiger partial charge in [-0.25, -0.2) is 4.79 Å². The smallest absolute Gasteiger partial charge is 0.326 e. The van der Waals surface area contributed by atoms with Crippen LogP contribution in [0.25, 0.3) is 32.3 Å². The molecule has 0 aromatic heterocycles. The molecule has 0 saturated heterocycles. The molecule has 0 fully saturated rings. The number of benzene rings is 5. The van der Waals surface area contributed by atoms with Crippen molar-refractivity contribution in [2.75, 3.05) is 0 Å². The number of hydrogen-bond donors (Lipinski definition) is 3. The van der Waals surface area contributed by atoms with Gasteiger partial charge in [0.15, 0.2) is 0 Å². The van der Waals surface area contributed by atoms with Crippen molar-refractivity contribution >= 4 is 44.2 Å². The zero-order chi connectivity index (χ0) is 22.9. The van der Waals surface area contributed by atoms with Crippen molar-refractivity contribution in [3.8, 4) is 0 Å². The highest BCUT2D eigenvalue weighted by atomic mass is 16.4. The third-order valence-electron chi connectivity index (χ3n) is 6.27. The topological polar surface area (TPSA) is 92.4 Å². The molecule has 5 heteroatoms. The summed E-state index contributed by atoms with van der Waals surface area (Å²) in [5.41, 5.74) is 8.10. The van der Waals surface area contributed by atoms with Crippen molar-refractivity contribution in [2.45, 2.75) is 24.9 Å². The van der Waals surface area contributed by atoms with Gasteiger partial charge >= 0.3 is 5.97 Å². The zero-order valence-electron chi connectivity index (χ0n) is 18.0. The SMILES string of the molecule is N[C@@H](Cc1cc2cccc3ccc4cccc1c4c32)C(=O)N[C@@H](Cc1ccccc1)C(=O)O. The average molecular weight is 437 g/mol. The molecule has 1 amide bonds. The molecule has 0 bridgehead atoms. The van der Waals surface area contributed by atoms with Gasteiger partial charge in [-0.05, 0) is 49.9 Å². The van der Waals surface area contributed by atoms with Crippen LogP contribution in [0.3, 0.4) is 0 Å². The van der Waals surface area contributed by atoms with Crippen LogP contribution in [-0.4, -0.2) is 29.1 Å². The minimum Gasteiger partial charge on any atom is -0.480 e. The largest absolute Gasteiger partial charge is 0.480 e. The molecular weight excluding hydrogens is 412 g/mol. The first-order chi connectivity index (χ1) is 16.0. The Balaban J connectivity index is 1.43. The molecule has 0 spiro atoms. The molecule has 5 nitrogen and oxygen atoms in total. The zero-order valence-corrected chi connectivity index (χ0v) is 18.0. The van der Waals surface area contributed by atoms with Crippen LogP contribution in [0.4, 0.5) is 0 Å². The average Bonchev–Trinajstić information content (AvgIpc) is 2.83. The highest BCUT2D eigenvalue weighted by Gasteiger charge is 2.24. The molecule has 0 radical (unpaired) electrons. The molecule has 5 aromatic carbocycles. The minimum atomic E-state index is -1.08. The Labute approximate surface area is 191 Å². The Morgan fingerprint density at radius 2 is 1.45 bits per heavy atom. The maximum atomic E-state index is 12.9. The first kappa shape index (κ1) is 20.9. The standard InChI is InChI=1S/C28H24N2O3/c29-23(27(31)30-24(28(32)33)14-17-6-2-1-3-7-17)16-21-15-20-10-4-8-18-12-13-19-9-5-11-22(21)26(19)25(18)20/h1-13,15,23-24H,14,16,29H2,(H,30,31)(H,32,33)/t23-,24-/m0/s1. The van der Waals surface area contributed by atoms with E-state index >= 15 is 0 Å². The lowest BCUT2D eigenvalue weighted by Gasteiger charge is -2.20. The second-order valence-corrected chi connectivity index (χ2v) is 8.48. The Kier molecular flexibility index (Phi) is 5.40. The van der Waals surface area contributed by atoms with Gasteiger partial charge in [0, 0.05) is 6.42 Å². The maximum Gasteiger partial charge on any atom is 0.326 e. The number of carboxylic acids is 1. The predicted molar refractivity (Wildman–Crippen MR) is 132 cm³/mol. The lowest BCUT2D eigenvalue weighted by Crippen LogP contribution is -2.50. The van der Waals surface area contributed by atoms with Gasteiger partial charge < -0.3 is 16.2 Å². The lowest BCUT2D eigenvalue weighted by molar-refractivity contribution is -0.141. The molecular formula is C28H24N2O3. The Morgan fingerprint density at radius 3 is 2.18 bits per heavy atom. The minimum absolute atomic E-state index is 0.200. The normalized spacial score (nSPS) is 13.4. The van der Waals surface area contributed by atoms with Crippen LogP contribution in [0, 0.1) is 0 Å². The Bertz CT molecular complexity index is 1460. The number of aliphatic carboxylic acids is 1. The van der Waals surface area contributed by atoms with E-state index in [9.17, 15) is 14.7 Å². The van der Waals surface area contributed by atoms with E-state index < -0.39 is 24.0 Å². The second-order valence-electron chi connectivity index (χ2n) is 8.48. The van der Waals surface area contributed by atoms with Gasteiger partial charge in [-0.3, -0.25) is 4.79 Å². The molecule has 0 saturated carbocycles. The Morgan fingerprint density at radius 1 is 0.788 bits per heavy atom. The highest BCUT2D eigenvalue weighted by Crippen LogP contribution is 2.36. The molecule has 0 unspecified atom stereocenters. The number of carbonyl (C=O) groups is 2. The summed E-state index contributed by atoms with van der Waals surface area (Å²) in [5, 5.41) is 19.1. The first-order valence-corrected chi connectivity index (χ1v) is 11.0. The summed E-state index contributed by atoms with van der Waals surface area (Å²) in [4.78, 5) is 24.6. The molecule has 2 atom stereocenters. The van der Waals surface area contributed by atoms with Gasteiger partial charge in [0.05, 0.1) is 6.04 Å². The highest BCUT2D eigenvalue weighted by molar-refractivity contribution is 6.23. The van der Waals surface area contributed by atoms with Gasteiger partial charge in [0.1, 0.15) is 6.04 Å². The fourth-order valence-corrected chi connectivity index (χ4v) is 4.66. The van der Waals surface area contributed by atoms with E-state index in [1.807, 2.05) is 42.5 Å². The summed E-state index contributed by atoms with van der Waals surface area (Å²) in [6, 6.07) is 26.0. The van der Waals surface area contributed by atoms with Crippen molar-refractivity contribution in [3.63, 3.8) is 0 Å². The van der Waals surface area contributed by atoms with Crippen LogP contribution in [0.15, 0.2) is 84.9 Å². The molecule has 0 aliphatic heterocycles.